The van der Waals surface area contributed by atoms with Crippen LogP contribution in [0.15, 0.2) is 0 Å². The lowest BCUT2D eigenvalue weighted by atomic mass is 9.96. The molecule has 0 aliphatic carbocycles. The fourth-order valence-corrected chi connectivity index (χ4v) is 1.55. The average Bonchev–Trinajstić information content (AvgIpc) is 2.49. The van der Waals surface area contributed by atoms with Gasteiger partial charge in [0.25, 0.3) is 0 Å². The monoisotopic (exact) mass is 255 g/mol. The highest BCUT2D eigenvalue weighted by Gasteiger charge is 2.23. The summed E-state index contributed by atoms with van der Waals surface area (Å²) in [7, 11) is 0. The molecule has 0 aromatic heterocycles. The molecule has 1 aliphatic rings. The summed E-state index contributed by atoms with van der Waals surface area (Å²) >= 11 is 0. The molecule has 0 saturated carbocycles. The van der Waals surface area contributed by atoms with Crippen molar-refractivity contribution in [3.05, 3.63) is 0 Å². The van der Waals surface area contributed by atoms with Crippen LogP contribution in [0.5, 0.6) is 0 Å². The summed E-state index contributed by atoms with van der Waals surface area (Å²) in [6.45, 7) is 6.75. The van der Waals surface area contributed by atoms with E-state index in [9.17, 15) is 14.4 Å². The van der Waals surface area contributed by atoms with E-state index in [1.807, 2.05) is 0 Å². The number of nitrogens with one attached hydrogen (secondary N) is 2. The van der Waals surface area contributed by atoms with Crippen molar-refractivity contribution >= 4 is 17.7 Å². The Morgan fingerprint density at radius 3 is 2.61 bits per heavy atom. The van der Waals surface area contributed by atoms with Gasteiger partial charge in [-0.25, -0.2) is 0 Å². The third-order valence-electron chi connectivity index (χ3n) is 2.75. The molecule has 1 aliphatic heterocycles. The zero-order valence-electron chi connectivity index (χ0n) is 11.2. The van der Waals surface area contributed by atoms with Gasteiger partial charge in [-0.2, -0.15) is 0 Å². The maximum absolute atomic E-state index is 11.9. The molecule has 1 fully saturated rings. The molecule has 6 nitrogen and oxygen atoms in total. The molecule has 0 unspecified atom stereocenters. The minimum absolute atomic E-state index is 0.00963. The summed E-state index contributed by atoms with van der Waals surface area (Å²) in [6.07, 6.45) is 0.318. The van der Waals surface area contributed by atoms with Crippen LogP contribution >= 0.6 is 0 Å². The maximum atomic E-state index is 11.9. The number of hydrogen-bond donors (Lipinski definition) is 2. The number of hydrogen-bond acceptors (Lipinski definition) is 3. The van der Waals surface area contributed by atoms with Crippen molar-refractivity contribution in [1.29, 1.82) is 0 Å². The van der Waals surface area contributed by atoms with Crippen molar-refractivity contribution in [2.45, 2.75) is 27.2 Å². The molecular weight excluding hydrogens is 234 g/mol. The lowest BCUT2D eigenvalue weighted by Gasteiger charge is -2.22. The standard InChI is InChI=1S/C12H21N3O3/c1-12(2,3)11(18)14-8-10(17)15-6-4-9(16)13-5-7-15/h4-8H2,1-3H3,(H,13,16)(H,14,18). The van der Waals surface area contributed by atoms with E-state index in [0.29, 0.717) is 26.1 Å². The fourth-order valence-electron chi connectivity index (χ4n) is 1.55. The lowest BCUT2D eigenvalue weighted by molar-refractivity contribution is -0.135. The van der Waals surface area contributed by atoms with Gasteiger partial charge in [-0.15, -0.1) is 0 Å². The summed E-state index contributed by atoms with van der Waals surface area (Å²) in [4.78, 5) is 36.2. The first-order chi connectivity index (χ1) is 8.30. The molecule has 1 heterocycles. The molecule has 1 saturated heterocycles. The van der Waals surface area contributed by atoms with Gasteiger partial charge in [0.15, 0.2) is 0 Å². The van der Waals surface area contributed by atoms with E-state index >= 15 is 0 Å². The van der Waals surface area contributed by atoms with Crippen molar-refractivity contribution in [2.75, 3.05) is 26.2 Å². The molecule has 3 amide bonds. The van der Waals surface area contributed by atoms with E-state index in [0.717, 1.165) is 0 Å². The Kier molecular flexibility index (Phi) is 4.69. The number of carbonyl (C=O) groups is 3. The summed E-state index contributed by atoms with van der Waals surface area (Å²) in [5.41, 5.74) is -0.503. The lowest BCUT2D eigenvalue weighted by Crippen LogP contribution is -2.44. The zero-order chi connectivity index (χ0) is 13.8. The van der Waals surface area contributed by atoms with E-state index in [2.05, 4.69) is 10.6 Å². The average molecular weight is 255 g/mol. The predicted molar refractivity (Wildman–Crippen MR) is 66.7 cm³/mol. The van der Waals surface area contributed by atoms with E-state index in [-0.39, 0.29) is 24.3 Å². The van der Waals surface area contributed by atoms with Gasteiger partial charge in [-0.05, 0) is 0 Å². The van der Waals surface area contributed by atoms with E-state index < -0.39 is 5.41 Å². The first kappa shape index (κ1) is 14.5. The van der Waals surface area contributed by atoms with Crippen LogP contribution in [0.4, 0.5) is 0 Å². The molecule has 1 rings (SSSR count). The molecule has 18 heavy (non-hydrogen) atoms. The van der Waals surface area contributed by atoms with Gasteiger partial charge in [0.2, 0.25) is 17.7 Å². The van der Waals surface area contributed by atoms with E-state index in [1.165, 1.54) is 0 Å². The van der Waals surface area contributed by atoms with Crippen molar-refractivity contribution in [3.8, 4) is 0 Å². The molecule has 0 atom stereocenters. The van der Waals surface area contributed by atoms with Crippen molar-refractivity contribution < 1.29 is 14.4 Å². The highest BCUT2D eigenvalue weighted by Crippen LogP contribution is 2.12. The van der Waals surface area contributed by atoms with Gasteiger partial charge in [0.1, 0.15) is 0 Å². The van der Waals surface area contributed by atoms with Crippen LogP contribution in [-0.2, 0) is 14.4 Å². The number of amides is 3. The summed E-state index contributed by atoms with van der Waals surface area (Å²) < 4.78 is 0. The van der Waals surface area contributed by atoms with Crippen LogP contribution in [0.25, 0.3) is 0 Å². The van der Waals surface area contributed by atoms with Gasteiger partial charge < -0.3 is 15.5 Å². The third-order valence-corrected chi connectivity index (χ3v) is 2.75. The molecule has 6 heteroatoms. The van der Waals surface area contributed by atoms with Crippen molar-refractivity contribution in [1.82, 2.24) is 15.5 Å². The summed E-state index contributed by atoms with van der Waals surface area (Å²) in [5, 5.41) is 5.31. The number of rotatable bonds is 2. The fraction of sp³-hybridized carbons (Fsp3) is 0.750. The molecule has 0 aromatic rings. The van der Waals surface area contributed by atoms with Gasteiger partial charge in [-0.1, -0.05) is 20.8 Å². The quantitative estimate of drug-likeness (QED) is 0.698. The second kappa shape index (κ2) is 5.84. The molecule has 0 radical (unpaired) electrons. The molecular formula is C12H21N3O3. The molecule has 0 bridgehead atoms. The Labute approximate surface area is 107 Å². The molecule has 0 spiro atoms. The van der Waals surface area contributed by atoms with Gasteiger partial charge >= 0.3 is 0 Å². The van der Waals surface area contributed by atoms with Crippen LogP contribution in [0.2, 0.25) is 0 Å². The minimum Gasteiger partial charge on any atom is -0.354 e. The van der Waals surface area contributed by atoms with Gasteiger partial charge in [0.05, 0.1) is 6.54 Å². The Balaban J connectivity index is 2.41. The highest BCUT2D eigenvalue weighted by atomic mass is 16.2. The van der Waals surface area contributed by atoms with Crippen LogP contribution in [-0.4, -0.2) is 48.8 Å². The summed E-state index contributed by atoms with van der Waals surface area (Å²) in [5.74, 6) is -0.340. The third kappa shape index (κ3) is 4.35. The minimum atomic E-state index is -0.503. The normalized spacial score (nSPS) is 16.8. The van der Waals surface area contributed by atoms with Crippen LogP contribution in [0.3, 0.4) is 0 Å². The Morgan fingerprint density at radius 2 is 2.00 bits per heavy atom. The number of carbonyl (C=O) groups excluding carboxylic acids is 3. The van der Waals surface area contributed by atoms with Crippen LogP contribution in [0, 0.1) is 5.41 Å². The second-order valence-corrected chi connectivity index (χ2v) is 5.41. The molecule has 0 aromatic carbocycles. The smallest absolute Gasteiger partial charge is 0.242 e. The van der Waals surface area contributed by atoms with Crippen LogP contribution in [0.1, 0.15) is 27.2 Å². The summed E-state index contributed by atoms with van der Waals surface area (Å²) in [6, 6.07) is 0. The number of nitrogens with zero attached hydrogens (tertiary/aromatic N) is 1. The molecule has 102 valence electrons. The van der Waals surface area contributed by atoms with Gasteiger partial charge in [-0.3, -0.25) is 14.4 Å². The second-order valence-electron chi connectivity index (χ2n) is 5.41. The zero-order valence-corrected chi connectivity index (χ0v) is 11.2. The SMILES string of the molecule is CC(C)(C)C(=O)NCC(=O)N1CCNC(=O)CC1. The van der Waals surface area contributed by atoms with E-state index in [4.69, 9.17) is 0 Å². The van der Waals surface area contributed by atoms with Crippen molar-refractivity contribution in [3.63, 3.8) is 0 Å². The Hall–Kier alpha value is -1.59. The first-order valence-electron chi connectivity index (χ1n) is 6.13. The topological polar surface area (TPSA) is 78.5 Å². The Bertz CT molecular complexity index is 347. The van der Waals surface area contributed by atoms with Crippen LogP contribution < -0.4 is 10.6 Å². The van der Waals surface area contributed by atoms with E-state index in [1.54, 1.807) is 25.7 Å². The van der Waals surface area contributed by atoms with Gasteiger partial charge in [0, 0.05) is 31.5 Å². The first-order valence-corrected chi connectivity index (χ1v) is 6.13. The van der Waals surface area contributed by atoms with Crippen molar-refractivity contribution in [2.24, 2.45) is 5.41 Å². The Morgan fingerprint density at radius 1 is 1.33 bits per heavy atom. The maximum Gasteiger partial charge on any atom is 0.242 e. The largest absolute Gasteiger partial charge is 0.354 e. The highest BCUT2D eigenvalue weighted by molar-refractivity contribution is 5.87. The molecule has 2 N–H and O–H groups in total. The predicted octanol–water partition coefficient (Wildman–Crippen LogP) is -0.503.